The molecular formula is C35H39N3O3. The van der Waals surface area contributed by atoms with E-state index in [4.69, 9.17) is 4.74 Å². The molecule has 0 radical (unpaired) electrons. The third kappa shape index (κ3) is 5.92. The Bertz CT molecular complexity index is 1520. The maximum absolute atomic E-state index is 14.0. The standard InChI is InChI=1S/C33H33N3O3.C2H6/c1-24-16-17-26-12-8-9-15-28(26)30(27-13-6-3-7-14-27)36-23-34(20-18-24)33(38)31-32(29(37)19-21-35(31)36)39-22-25-10-4-2-5-11-25;1-2/h2-15,19,21,24,30H,16-18,20,22-23H2,1H3;1-2H3. The van der Waals surface area contributed by atoms with Crippen LogP contribution in [0.3, 0.4) is 0 Å². The molecule has 2 aliphatic heterocycles. The molecule has 0 fully saturated rings. The number of rotatable bonds is 4. The molecule has 3 heterocycles. The number of nitrogens with zero attached hydrogens (tertiary/aromatic N) is 3. The molecule has 41 heavy (non-hydrogen) atoms. The molecule has 0 N–H and O–H groups in total. The van der Waals surface area contributed by atoms with E-state index in [-0.39, 0.29) is 35.4 Å². The van der Waals surface area contributed by atoms with Gasteiger partial charge in [-0.1, -0.05) is 106 Å². The van der Waals surface area contributed by atoms with Crippen LogP contribution in [0.25, 0.3) is 0 Å². The third-order valence-electron chi connectivity index (χ3n) is 7.90. The Kier molecular flexibility index (Phi) is 8.88. The Labute approximate surface area is 242 Å². The van der Waals surface area contributed by atoms with Crippen molar-refractivity contribution < 1.29 is 9.53 Å². The fraction of sp³-hybridized carbons (Fsp3) is 0.314. The van der Waals surface area contributed by atoms with Crippen molar-refractivity contribution >= 4 is 5.91 Å². The van der Waals surface area contributed by atoms with Crippen LogP contribution in [0.5, 0.6) is 5.75 Å². The van der Waals surface area contributed by atoms with Crippen molar-refractivity contribution in [1.82, 2.24) is 9.58 Å². The SMILES string of the molecule is CC.CC1CCc2ccccc2C(c2ccccc2)N2CN(CC1)C(=O)c1c(OCc3ccccc3)c(=O)ccn12. The highest BCUT2D eigenvalue weighted by Crippen LogP contribution is 2.35. The Morgan fingerprint density at radius 2 is 1.51 bits per heavy atom. The van der Waals surface area contributed by atoms with Crippen molar-refractivity contribution in [3.05, 3.63) is 135 Å². The molecule has 6 rings (SSSR count). The number of carbonyl (C=O) groups excluding carboxylic acids is 1. The second-order valence-electron chi connectivity index (χ2n) is 10.6. The van der Waals surface area contributed by atoms with Gasteiger partial charge in [-0.15, -0.1) is 0 Å². The summed E-state index contributed by atoms with van der Waals surface area (Å²) in [4.78, 5) is 29.1. The molecule has 0 saturated carbocycles. The highest BCUT2D eigenvalue weighted by Gasteiger charge is 2.37. The highest BCUT2D eigenvalue weighted by molar-refractivity contribution is 5.96. The van der Waals surface area contributed by atoms with Gasteiger partial charge in [-0.05, 0) is 47.4 Å². The fourth-order valence-electron chi connectivity index (χ4n) is 5.72. The van der Waals surface area contributed by atoms with Gasteiger partial charge >= 0.3 is 0 Å². The van der Waals surface area contributed by atoms with Gasteiger partial charge in [-0.2, -0.15) is 0 Å². The average Bonchev–Trinajstić information content (AvgIpc) is 3.04. The van der Waals surface area contributed by atoms with E-state index in [1.54, 1.807) is 6.20 Å². The minimum Gasteiger partial charge on any atom is -0.482 e. The van der Waals surface area contributed by atoms with E-state index in [0.717, 1.165) is 30.4 Å². The van der Waals surface area contributed by atoms with Gasteiger partial charge in [0, 0.05) is 18.8 Å². The van der Waals surface area contributed by atoms with Gasteiger partial charge in [0.15, 0.2) is 11.4 Å². The zero-order valence-corrected chi connectivity index (χ0v) is 24.2. The number of benzene rings is 3. The molecule has 212 valence electrons. The fourth-order valence-corrected chi connectivity index (χ4v) is 5.72. The number of hydrogen-bond acceptors (Lipinski definition) is 4. The van der Waals surface area contributed by atoms with Gasteiger partial charge in [0.1, 0.15) is 13.3 Å². The first-order chi connectivity index (χ1) is 20.1. The number of hydrogen-bond donors (Lipinski definition) is 0. The van der Waals surface area contributed by atoms with E-state index in [0.29, 0.717) is 19.1 Å². The first-order valence-corrected chi connectivity index (χ1v) is 14.7. The van der Waals surface area contributed by atoms with Crippen molar-refractivity contribution in [3.8, 4) is 5.75 Å². The summed E-state index contributed by atoms with van der Waals surface area (Å²) >= 11 is 0. The highest BCUT2D eigenvalue weighted by atomic mass is 16.5. The zero-order valence-electron chi connectivity index (χ0n) is 24.2. The quantitative estimate of drug-likeness (QED) is 0.289. The van der Waals surface area contributed by atoms with Crippen LogP contribution in [-0.2, 0) is 13.0 Å². The van der Waals surface area contributed by atoms with E-state index >= 15 is 0 Å². The number of aromatic nitrogens is 1. The maximum atomic E-state index is 14.0. The Hall–Kier alpha value is -4.32. The van der Waals surface area contributed by atoms with Gasteiger partial charge in [-0.25, -0.2) is 0 Å². The maximum Gasteiger partial charge on any atom is 0.277 e. The van der Waals surface area contributed by atoms with Crippen LogP contribution in [-0.4, -0.2) is 28.7 Å². The average molecular weight is 550 g/mol. The minimum absolute atomic E-state index is 0.101. The van der Waals surface area contributed by atoms with Crippen LogP contribution in [0.15, 0.2) is 102 Å². The van der Waals surface area contributed by atoms with Crippen LogP contribution in [0.2, 0.25) is 0 Å². The molecule has 0 saturated heterocycles. The number of ether oxygens (including phenoxy) is 1. The molecule has 2 bridgehead atoms. The van der Waals surface area contributed by atoms with Crippen molar-refractivity contribution in [3.63, 3.8) is 0 Å². The lowest BCUT2D eigenvalue weighted by Crippen LogP contribution is -2.56. The van der Waals surface area contributed by atoms with E-state index in [9.17, 15) is 9.59 Å². The third-order valence-corrected chi connectivity index (χ3v) is 7.90. The number of carbonyl (C=O) groups is 1. The summed E-state index contributed by atoms with van der Waals surface area (Å²) in [5.74, 6) is 0.393. The second-order valence-corrected chi connectivity index (χ2v) is 10.6. The predicted octanol–water partition coefficient (Wildman–Crippen LogP) is 6.57. The molecule has 2 aliphatic rings. The molecule has 0 spiro atoms. The lowest BCUT2D eigenvalue weighted by Gasteiger charge is -2.44. The normalized spacial score (nSPS) is 18.3. The van der Waals surface area contributed by atoms with Crippen LogP contribution in [0.1, 0.15) is 72.4 Å². The van der Waals surface area contributed by atoms with Gasteiger partial charge < -0.3 is 9.64 Å². The Morgan fingerprint density at radius 1 is 0.829 bits per heavy atom. The molecule has 1 amide bonds. The summed E-state index contributed by atoms with van der Waals surface area (Å²) in [6.45, 7) is 7.50. The second kappa shape index (κ2) is 12.9. The monoisotopic (exact) mass is 549 g/mol. The number of fused-ring (bicyclic) bond motifs is 5. The van der Waals surface area contributed by atoms with Gasteiger partial charge in [-0.3, -0.25) is 19.3 Å². The van der Waals surface area contributed by atoms with Crippen molar-refractivity contribution in [2.24, 2.45) is 5.92 Å². The molecule has 3 aromatic carbocycles. The van der Waals surface area contributed by atoms with Crippen molar-refractivity contribution in [2.75, 3.05) is 18.2 Å². The topological polar surface area (TPSA) is 54.8 Å². The largest absolute Gasteiger partial charge is 0.482 e. The van der Waals surface area contributed by atoms with Crippen LogP contribution < -0.4 is 15.2 Å². The van der Waals surface area contributed by atoms with Crippen molar-refractivity contribution in [1.29, 1.82) is 0 Å². The van der Waals surface area contributed by atoms with Crippen LogP contribution in [0, 0.1) is 5.92 Å². The molecule has 2 atom stereocenters. The molecule has 1 aromatic heterocycles. The molecule has 4 aromatic rings. The molecule has 2 unspecified atom stereocenters. The van der Waals surface area contributed by atoms with Crippen LogP contribution in [0.4, 0.5) is 0 Å². The summed E-state index contributed by atoms with van der Waals surface area (Å²) in [6.07, 6.45) is 4.65. The molecule has 0 aliphatic carbocycles. The van der Waals surface area contributed by atoms with Gasteiger partial charge in [0.05, 0.1) is 6.04 Å². The Balaban J connectivity index is 0.00000165. The summed E-state index contributed by atoms with van der Waals surface area (Å²) in [7, 11) is 0. The minimum atomic E-state index is -0.290. The number of aryl methyl sites for hydroxylation is 1. The zero-order chi connectivity index (χ0) is 28.8. The number of pyridine rings is 1. The molecular weight excluding hydrogens is 510 g/mol. The van der Waals surface area contributed by atoms with E-state index in [1.807, 2.05) is 59.8 Å². The van der Waals surface area contributed by atoms with E-state index in [2.05, 4.69) is 60.5 Å². The van der Waals surface area contributed by atoms with Gasteiger partial charge in [0.2, 0.25) is 5.43 Å². The summed E-state index contributed by atoms with van der Waals surface area (Å²) in [5.41, 5.74) is 4.59. The summed E-state index contributed by atoms with van der Waals surface area (Å²) in [5, 5.41) is 2.20. The molecule has 6 nitrogen and oxygen atoms in total. The Morgan fingerprint density at radius 3 is 2.27 bits per heavy atom. The summed E-state index contributed by atoms with van der Waals surface area (Å²) < 4.78 is 7.99. The molecule has 6 heteroatoms. The first-order valence-electron chi connectivity index (χ1n) is 14.7. The van der Waals surface area contributed by atoms with Crippen molar-refractivity contribution in [2.45, 2.75) is 52.7 Å². The predicted molar refractivity (Wildman–Crippen MR) is 164 cm³/mol. The lowest BCUT2D eigenvalue weighted by molar-refractivity contribution is 0.0667. The van der Waals surface area contributed by atoms with Crippen LogP contribution >= 0.6 is 0 Å². The lowest BCUT2D eigenvalue weighted by atomic mass is 9.90. The smallest absolute Gasteiger partial charge is 0.277 e. The van der Waals surface area contributed by atoms with E-state index in [1.165, 1.54) is 17.2 Å². The van der Waals surface area contributed by atoms with E-state index < -0.39 is 0 Å². The van der Waals surface area contributed by atoms with Gasteiger partial charge in [0.25, 0.3) is 5.91 Å². The summed E-state index contributed by atoms with van der Waals surface area (Å²) in [6, 6.07) is 30.1. The first kappa shape index (κ1) is 28.2. The number of amides is 1.